The number of nitrogens with one attached hydrogen (secondary N) is 1. The Morgan fingerprint density at radius 2 is 1.74 bits per heavy atom. The van der Waals surface area contributed by atoms with E-state index in [1.807, 2.05) is 43.0 Å². The Bertz CT molecular complexity index is 713. The number of para-hydroxylation sites is 2. The number of carbonyl (C=O) groups is 2. The fourth-order valence-electron chi connectivity index (χ4n) is 2.46. The Hall–Kier alpha value is -2.82. The fourth-order valence-corrected chi connectivity index (χ4v) is 2.46. The topological polar surface area (TPSA) is 75.4 Å². The predicted octanol–water partition coefficient (Wildman–Crippen LogP) is 2.56. The third kappa shape index (κ3) is 4.10. The molecule has 0 saturated heterocycles. The Kier molecular flexibility index (Phi) is 5.36. The normalized spacial score (nSPS) is 10.2. The molecule has 0 atom stereocenters. The van der Waals surface area contributed by atoms with Crippen LogP contribution in [-0.2, 0) is 4.79 Å². The van der Waals surface area contributed by atoms with Crippen LogP contribution in [0.15, 0.2) is 48.5 Å². The third-order valence-corrected chi connectivity index (χ3v) is 3.64. The summed E-state index contributed by atoms with van der Waals surface area (Å²) in [6.07, 6.45) is 0. The van der Waals surface area contributed by atoms with Crippen molar-refractivity contribution < 1.29 is 9.59 Å². The monoisotopic (exact) mass is 311 g/mol. The quantitative estimate of drug-likeness (QED) is 0.861. The second-order valence-electron chi connectivity index (χ2n) is 5.26. The number of nitrogens with two attached hydrogens (primary N) is 1. The number of aryl methyl sites for hydroxylation is 1. The summed E-state index contributed by atoms with van der Waals surface area (Å²) < 4.78 is 0. The highest BCUT2D eigenvalue weighted by Crippen LogP contribution is 2.19. The molecule has 0 spiro atoms. The van der Waals surface area contributed by atoms with Crippen LogP contribution in [0.3, 0.4) is 0 Å². The number of carbonyl (C=O) groups excluding carboxylic acids is 2. The zero-order chi connectivity index (χ0) is 16.8. The number of rotatable bonds is 6. The van der Waals surface area contributed by atoms with Crippen molar-refractivity contribution in [1.82, 2.24) is 0 Å². The van der Waals surface area contributed by atoms with Crippen molar-refractivity contribution in [3.63, 3.8) is 0 Å². The second kappa shape index (κ2) is 7.45. The van der Waals surface area contributed by atoms with Crippen molar-refractivity contribution in [2.24, 2.45) is 5.73 Å². The van der Waals surface area contributed by atoms with Crippen LogP contribution in [0.4, 0.5) is 11.4 Å². The summed E-state index contributed by atoms with van der Waals surface area (Å²) in [7, 11) is 0. The van der Waals surface area contributed by atoms with E-state index < -0.39 is 5.91 Å². The molecule has 2 aromatic carbocycles. The van der Waals surface area contributed by atoms with Gasteiger partial charge in [0.25, 0.3) is 5.91 Å². The van der Waals surface area contributed by atoms with E-state index in [2.05, 4.69) is 5.32 Å². The van der Waals surface area contributed by atoms with E-state index in [1.54, 1.807) is 24.3 Å². The molecule has 0 aromatic heterocycles. The molecule has 0 aliphatic carbocycles. The van der Waals surface area contributed by atoms with E-state index in [4.69, 9.17) is 5.73 Å². The Labute approximate surface area is 136 Å². The summed E-state index contributed by atoms with van der Waals surface area (Å²) in [5, 5.41) is 2.76. The zero-order valence-corrected chi connectivity index (χ0v) is 13.4. The van der Waals surface area contributed by atoms with Gasteiger partial charge >= 0.3 is 0 Å². The lowest BCUT2D eigenvalue weighted by molar-refractivity contribution is -0.115. The molecular formula is C18H21N3O2. The molecule has 5 heteroatoms. The first-order chi connectivity index (χ1) is 11.0. The van der Waals surface area contributed by atoms with E-state index in [0.29, 0.717) is 17.8 Å². The molecule has 120 valence electrons. The van der Waals surface area contributed by atoms with Crippen LogP contribution in [0.2, 0.25) is 0 Å². The van der Waals surface area contributed by atoms with Gasteiger partial charge in [0.05, 0.1) is 17.8 Å². The van der Waals surface area contributed by atoms with Crippen molar-refractivity contribution in [1.29, 1.82) is 0 Å². The molecule has 0 aliphatic rings. The van der Waals surface area contributed by atoms with Gasteiger partial charge in [-0.05, 0) is 37.6 Å². The SMILES string of the molecule is CCN(CC(=O)Nc1ccccc1C(N)=O)c1ccccc1C. The molecule has 23 heavy (non-hydrogen) atoms. The molecule has 0 bridgehead atoms. The average Bonchev–Trinajstić information content (AvgIpc) is 2.53. The smallest absolute Gasteiger partial charge is 0.250 e. The Morgan fingerprint density at radius 3 is 2.39 bits per heavy atom. The predicted molar refractivity (Wildman–Crippen MR) is 92.7 cm³/mol. The summed E-state index contributed by atoms with van der Waals surface area (Å²) in [6.45, 7) is 4.92. The molecule has 0 fully saturated rings. The number of hydrogen-bond acceptors (Lipinski definition) is 3. The molecule has 0 heterocycles. The van der Waals surface area contributed by atoms with Crippen molar-refractivity contribution in [3.05, 3.63) is 59.7 Å². The van der Waals surface area contributed by atoms with E-state index in [0.717, 1.165) is 11.3 Å². The van der Waals surface area contributed by atoms with E-state index in [1.165, 1.54) is 0 Å². The highest BCUT2D eigenvalue weighted by molar-refractivity contribution is 6.03. The fraction of sp³-hybridized carbons (Fsp3) is 0.222. The van der Waals surface area contributed by atoms with Crippen LogP contribution in [0.25, 0.3) is 0 Å². The summed E-state index contributed by atoms with van der Waals surface area (Å²) >= 11 is 0. The largest absolute Gasteiger partial charge is 0.366 e. The van der Waals surface area contributed by atoms with Gasteiger partial charge in [0.15, 0.2) is 0 Å². The second-order valence-corrected chi connectivity index (χ2v) is 5.26. The zero-order valence-electron chi connectivity index (χ0n) is 13.4. The lowest BCUT2D eigenvalue weighted by atomic mass is 10.1. The minimum atomic E-state index is -0.563. The van der Waals surface area contributed by atoms with Gasteiger partial charge in [0.2, 0.25) is 5.91 Å². The highest BCUT2D eigenvalue weighted by atomic mass is 16.2. The van der Waals surface area contributed by atoms with Gasteiger partial charge in [-0.2, -0.15) is 0 Å². The van der Waals surface area contributed by atoms with Gasteiger partial charge in [-0.3, -0.25) is 9.59 Å². The molecule has 2 rings (SSSR count). The standard InChI is InChI=1S/C18H21N3O2/c1-3-21(16-11-7-4-8-13(16)2)12-17(22)20-15-10-6-5-9-14(15)18(19)23/h4-11H,3,12H2,1-2H3,(H2,19,23)(H,20,22). The van der Waals surface area contributed by atoms with Crippen LogP contribution in [0.5, 0.6) is 0 Å². The highest BCUT2D eigenvalue weighted by Gasteiger charge is 2.14. The summed E-state index contributed by atoms with van der Waals surface area (Å²) in [5.41, 5.74) is 8.20. The number of primary amides is 1. The number of nitrogens with zero attached hydrogens (tertiary/aromatic N) is 1. The van der Waals surface area contributed by atoms with Gasteiger partial charge < -0.3 is 16.0 Å². The molecule has 2 aromatic rings. The molecule has 2 amide bonds. The minimum Gasteiger partial charge on any atom is -0.366 e. The average molecular weight is 311 g/mol. The molecule has 0 unspecified atom stereocenters. The van der Waals surface area contributed by atoms with E-state index >= 15 is 0 Å². The van der Waals surface area contributed by atoms with Gasteiger partial charge in [-0.1, -0.05) is 30.3 Å². The van der Waals surface area contributed by atoms with E-state index in [9.17, 15) is 9.59 Å². The number of anilines is 2. The first-order valence-corrected chi connectivity index (χ1v) is 7.52. The minimum absolute atomic E-state index is 0.191. The third-order valence-electron chi connectivity index (χ3n) is 3.64. The molecule has 3 N–H and O–H groups in total. The van der Waals surface area contributed by atoms with Gasteiger partial charge in [0.1, 0.15) is 0 Å². The van der Waals surface area contributed by atoms with Crippen LogP contribution < -0.4 is 16.0 Å². The number of hydrogen-bond donors (Lipinski definition) is 2. The van der Waals surface area contributed by atoms with Crippen molar-refractivity contribution in [2.75, 3.05) is 23.3 Å². The first-order valence-electron chi connectivity index (χ1n) is 7.52. The molecule has 0 aliphatic heterocycles. The van der Waals surface area contributed by atoms with Crippen LogP contribution in [0, 0.1) is 6.92 Å². The Balaban J connectivity index is 2.13. The summed E-state index contributed by atoms with van der Waals surface area (Å²) in [5.74, 6) is -0.754. The molecule has 5 nitrogen and oxygen atoms in total. The van der Waals surface area contributed by atoms with Gasteiger partial charge in [-0.25, -0.2) is 0 Å². The van der Waals surface area contributed by atoms with Crippen LogP contribution in [0.1, 0.15) is 22.8 Å². The molecule has 0 saturated carbocycles. The lowest BCUT2D eigenvalue weighted by Crippen LogP contribution is -2.34. The maximum Gasteiger partial charge on any atom is 0.250 e. The van der Waals surface area contributed by atoms with Gasteiger partial charge in [0, 0.05) is 12.2 Å². The number of amides is 2. The van der Waals surface area contributed by atoms with Crippen molar-refractivity contribution in [3.8, 4) is 0 Å². The van der Waals surface area contributed by atoms with Crippen molar-refractivity contribution >= 4 is 23.2 Å². The summed E-state index contributed by atoms with van der Waals surface area (Å²) in [6, 6.07) is 14.6. The Morgan fingerprint density at radius 1 is 1.09 bits per heavy atom. The van der Waals surface area contributed by atoms with E-state index in [-0.39, 0.29) is 12.5 Å². The lowest BCUT2D eigenvalue weighted by Gasteiger charge is -2.24. The summed E-state index contributed by atoms with van der Waals surface area (Å²) in [4.78, 5) is 25.7. The maximum absolute atomic E-state index is 12.3. The van der Waals surface area contributed by atoms with Gasteiger partial charge in [-0.15, -0.1) is 0 Å². The van der Waals surface area contributed by atoms with Crippen LogP contribution >= 0.6 is 0 Å². The van der Waals surface area contributed by atoms with Crippen molar-refractivity contribution in [2.45, 2.75) is 13.8 Å². The maximum atomic E-state index is 12.3. The van der Waals surface area contributed by atoms with Crippen LogP contribution in [-0.4, -0.2) is 24.9 Å². The number of benzene rings is 2. The molecule has 0 radical (unpaired) electrons. The number of likely N-dealkylation sites (N-methyl/N-ethyl adjacent to an activating group) is 1. The molecular weight excluding hydrogens is 290 g/mol. The first kappa shape index (κ1) is 16.5.